The van der Waals surface area contributed by atoms with Crippen LogP contribution in [-0.4, -0.2) is 18.9 Å². The number of ether oxygens (including phenoxy) is 2. The van der Waals surface area contributed by atoms with E-state index in [0.717, 1.165) is 11.8 Å². The van der Waals surface area contributed by atoms with Crippen LogP contribution in [0.25, 0.3) is 0 Å². The third-order valence-electron chi connectivity index (χ3n) is 2.89. The van der Waals surface area contributed by atoms with Crippen LogP contribution in [-0.2, 0) is 11.3 Å². The number of esters is 1. The molecule has 2 rings (SSSR count). The Morgan fingerprint density at radius 2 is 1.71 bits per heavy atom. The van der Waals surface area contributed by atoms with Gasteiger partial charge in [-0.2, -0.15) is 0 Å². The van der Waals surface area contributed by atoms with Crippen molar-refractivity contribution in [3.05, 3.63) is 65.2 Å². The molecule has 4 nitrogen and oxygen atoms in total. The zero-order chi connectivity index (χ0) is 15.1. The zero-order valence-electron chi connectivity index (χ0n) is 11.7. The lowest BCUT2D eigenvalue weighted by atomic mass is 10.1. The van der Waals surface area contributed by atoms with Crippen LogP contribution in [0.15, 0.2) is 48.5 Å². The van der Waals surface area contributed by atoms with Crippen LogP contribution in [0.1, 0.15) is 33.2 Å². The Hall–Kier alpha value is -2.62. The van der Waals surface area contributed by atoms with E-state index in [-0.39, 0.29) is 5.97 Å². The quantitative estimate of drug-likeness (QED) is 0.603. The monoisotopic (exact) mass is 284 g/mol. The lowest BCUT2D eigenvalue weighted by molar-refractivity contribution is 0.0526. The average molecular weight is 284 g/mol. The fourth-order valence-corrected chi connectivity index (χ4v) is 1.76. The van der Waals surface area contributed by atoms with Gasteiger partial charge in [0, 0.05) is 5.56 Å². The maximum absolute atomic E-state index is 11.5. The van der Waals surface area contributed by atoms with Gasteiger partial charge in [0.15, 0.2) is 0 Å². The van der Waals surface area contributed by atoms with Crippen LogP contribution in [0.4, 0.5) is 0 Å². The molecule has 2 aromatic carbocycles. The molecule has 4 heteroatoms. The number of carbonyl (C=O) groups is 2. The van der Waals surface area contributed by atoms with Crippen molar-refractivity contribution in [3.63, 3.8) is 0 Å². The molecular formula is C17H16O4. The largest absolute Gasteiger partial charge is 0.489 e. The highest BCUT2D eigenvalue weighted by atomic mass is 16.5. The molecule has 0 heterocycles. The Bertz CT molecular complexity index is 600. The number of hydrogen-bond donors (Lipinski definition) is 0. The number of hydrogen-bond acceptors (Lipinski definition) is 4. The van der Waals surface area contributed by atoms with E-state index in [4.69, 9.17) is 9.47 Å². The summed E-state index contributed by atoms with van der Waals surface area (Å²) in [5.41, 5.74) is 2.08. The van der Waals surface area contributed by atoms with E-state index in [0.29, 0.717) is 30.1 Å². The molecule has 0 unspecified atom stereocenters. The smallest absolute Gasteiger partial charge is 0.338 e. The molecule has 0 fully saturated rings. The van der Waals surface area contributed by atoms with Crippen molar-refractivity contribution in [1.29, 1.82) is 0 Å². The van der Waals surface area contributed by atoms with E-state index in [1.54, 1.807) is 43.3 Å². The Kier molecular flexibility index (Phi) is 5.10. The molecular weight excluding hydrogens is 268 g/mol. The summed E-state index contributed by atoms with van der Waals surface area (Å²) in [5, 5.41) is 0. The molecule has 0 bridgehead atoms. The third-order valence-corrected chi connectivity index (χ3v) is 2.89. The SMILES string of the molecule is CCOC(=O)c1ccc(COc2ccc(C=O)cc2)cc1. The van der Waals surface area contributed by atoms with Crippen molar-refractivity contribution in [2.45, 2.75) is 13.5 Å². The van der Waals surface area contributed by atoms with Gasteiger partial charge in [-0.15, -0.1) is 0 Å². The van der Waals surface area contributed by atoms with Gasteiger partial charge in [0.25, 0.3) is 0 Å². The van der Waals surface area contributed by atoms with Gasteiger partial charge >= 0.3 is 5.97 Å². The van der Waals surface area contributed by atoms with Crippen LogP contribution in [0.3, 0.4) is 0 Å². The Morgan fingerprint density at radius 1 is 1.05 bits per heavy atom. The van der Waals surface area contributed by atoms with E-state index in [1.165, 1.54) is 0 Å². The van der Waals surface area contributed by atoms with Gasteiger partial charge in [0.05, 0.1) is 12.2 Å². The molecule has 0 radical (unpaired) electrons. The van der Waals surface area contributed by atoms with Gasteiger partial charge in [0.1, 0.15) is 18.6 Å². The number of carbonyl (C=O) groups excluding carboxylic acids is 2. The summed E-state index contributed by atoms with van der Waals surface area (Å²) in [6.07, 6.45) is 0.790. The molecule has 0 saturated heterocycles. The summed E-state index contributed by atoms with van der Waals surface area (Å²) >= 11 is 0. The molecule has 0 aliphatic heterocycles. The topological polar surface area (TPSA) is 52.6 Å². The van der Waals surface area contributed by atoms with Gasteiger partial charge in [-0.1, -0.05) is 12.1 Å². The summed E-state index contributed by atoms with van der Waals surface area (Å²) < 4.78 is 10.5. The lowest BCUT2D eigenvalue weighted by Gasteiger charge is -2.07. The molecule has 108 valence electrons. The Morgan fingerprint density at radius 3 is 2.29 bits per heavy atom. The van der Waals surface area contributed by atoms with Crippen LogP contribution in [0.5, 0.6) is 5.75 Å². The van der Waals surface area contributed by atoms with Crippen LogP contribution in [0.2, 0.25) is 0 Å². The molecule has 0 aliphatic rings. The Balaban J connectivity index is 1.93. The minimum Gasteiger partial charge on any atom is -0.489 e. The number of rotatable bonds is 6. The van der Waals surface area contributed by atoms with E-state index in [2.05, 4.69) is 0 Å². The standard InChI is InChI=1S/C17H16O4/c1-2-20-17(19)15-7-3-14(4-8-15)12-21-16-9-5-13(11-18)6-10-16/h3-11H,2,12H2,1H3. The summed E-state index contributed by atoms with van der Waals surface area (Å²) in [5.74, 6) is 0.365. The Labute approximate surface area is 123 Å². The van der Waals surface area contributed by atoms with E-state index < -0.39 is 0 Å². The first-order valence-corrected chi connectivity index (χ1v) is 6.67. The van der Waals surface area contributed by atoms with E-state index >= 15 is 0 Å². The van der Waals surface area contributed by atoms with Crippen molar-refractivity contribution < 1.29 is 19.1 Å². The van der Waals surface area contributed by atoms with Crippen molar-refractivity contribution in [3.8, 4) is 5.75 Å². The molecule has 0 atom stereocenters. The highest BCUT2D eigenvalue weighted by Gasteiger charge is 2.05. The normalized spacial score (nSPS) is 9.95. The van der Waals surface area contributed by atoms with Crippen LogP contribution >= 0.6 is 0 Å². The first kappa shape index (κ1) is 14.8. The van der Waals surface area contributed by atoms with Gasteiger partial charge in [0.2, 0.25) is 0 Å². The molecule has 0 aliphatic carbocycles. The summed E-state index contributed by atoms with van der Waals surface area (Å²) in [6.45, 7) is 2.53. The van der Waals surface area contributed by atoms with Crippen molar-refractivity contribution in [2.75, 3.05) is 6.61 Å². The van der Waals surface area contributed by atoms with Crippen molar-refractivity contribution in [1.82, 2.24) is 0 Å². The summed E-state index contributed by atoms with van der Waals surface area (Å²) in [4.78, 5) is 22.1. The molecule has 2 aromatic rings. The fourth-order valence-electron chi connectivity index (χ4n) is 1.76. The van der Waals surface area contributed by atoms with Crippen LogP contribution < -0.4 is 4.74 Å². The highest BCUT2D eigenvalue weighted by molar-refractivity contribution is 5.89. The first-order chi connectivity index (χ1) is 10.2. The molecule has 0 aromatic heterocycles. The van der Waals surface area contributed by atoms with Crippen LogP contribution in [0, 0.1) is 0 Å². The molecule has 21 heavy (non-hydrogen) atoms. The van der Waals surface area contributed by atoms with Gasteiger partial charge in [-0.25, -0.2) is 4.79 Å². The average Bonchev–Trinajstić information content (AvgIpc) is 2.54. The zero-order valence-corrected chi connectivity index (χ0v) is 11.7. The first-order valence-electron chi connectivity index (χ1n) is 6.67. The highest BCUT2D eigenvalue weighted by Crippen LogP contribution is 2.14. The maximum Gasteiger partial charge on any atom is 0.338 e. The molecule has 0 N–H and O–H groups in total. The predicted octanol–water partition coefficient (Wildman–Crippen LogP) is 3.25. The molecule has 0 spiro atoms. The summed E-state index contributed by atoms with van der Waals surface area (Å²) in [7, 11) is 0. The van der Waals surface area contributed by atoms with Gasteiger partial charge in [-0.05, 0) is 48.9 Å². The predicted molar refractivity (Wildman–Crippen MR) is 78.6 cm³/mol. The molecule has 0 saturated carbocycles. The number of aldehydes is 1. The second-order valence-electron chi connectivity index (χ2n) is 4.39. The summed E-state index contributed by atoms with van der Waals surface area (Å²) in [6, 6.07) is 14.0. The van der Waals surface area contributed by atoms with Crippen molar-refractivity contribution in [2.24, 2.45) is 0 Å². The second-order valence-corrected chi connectivity index (χ2v) is 4.39. The van der Waals surface area contributed by atoms with E-state index in [9.17, 15) is 9.59 Å². The number of benzene rings is 2. The second kappa shape index (κ2) is 7.24. The van der Waals surface area contributed by atoms with Gasteiger partial charge in [-0.3, -0.25) is 4.79 Å². The third kappa shape index (κ3) is 4.18. The fraction of sp³-hybridized carbons (Fsp3) is 0.176. The van der Waals surface area contributed by atoms with E-state index in [1.807, 2.05) is 12.1 Å². The molecule has 0 amide bonds. The van der Waals surface area contributed by atoms with Crippen molar-refractivity contribution >= 4 is 12.3 Å². The van der Waals surface area contributed by atoms with Gasteiger partial charge < -0.3 is 9.47 Å². The minimum atomic E-state index is -0.325. The lowest BCUT2D eigenvalue weighted by Crippen LogP contribution is -2.04. The minimum absolute atomic E-state index is 0.325. The maximum atomic E-state index is 11.5.